The summed E-state index contributed by atoms with van der Waals surface area (Å²) >= 11 is 0. The van der Waals surface area contributed by atoms with Crippen LogP contribution in [0.4, 0.5) is 22.7 Å². The monoisotopic (exact) mass is 682 g/mol. The third kappa shape index (κ3) is 5.03. The van der Waals surface area contributed by atoms with Crippen molar-refractivity contribution in [1.29, 1.82) is 0 Å². The molecule has 10 nitrogen and oxygen atoms in total. The van der Waals surface area contributed by atoms with Gasteiger partial charge < -0.3 is 9.80 Å². The van der Waals surface area contributed by atoms with Gasteiger partial charge in [-0.15, -0.1) is 0 Å². The van der Waals surface area contributed by atoms with E-state index in [-0.39, 0.29) is 33.3 Å². The van der Waals surface area contributed by atoms with Crippen molar-refractivity contribution in [2.24, 2.45) is 9.98 Å². The fraction of sp³-hybridized carbons (Fsp3) is 0.0952. The molecule has 0 fully saturated rings. The highest BCUT2D eigenvalue weighted by Gasteiger charge is 2.52. The lowest BCUT2D eigenvalue weighted by atomic mass is 9.79. The number of aliphatic imine (C=N–C) groups is 2. The molecule has 0 bridgehead atoms. The van der Waals surface area contributed by atoms with E-state index >= 15 is 0 Å². The summed E-state index contributed by atoms with van der Waals surface area (Å²) in [5.74, 6) is 0. The van der Waals surface area contributed by atoms with Crippen molar-refractivity contribution >= 4 is 39.9 Å². The lowest BCUT2D eigenvalue weighted by molar-refractivity contribution is -0.385. The second kappa shape index (κ2) is 12.4. The summed E-state index contributed by atoms with van der Waals surface area (Å²) < 4.78 is 0. The standard InChI is InChI=1S/C42H30N6O4/c49-47(50)31-23-19-29(20-24-31)39-41-37(27-11-3-1-4-12-27)43-33-15-7-9-17-35(33)45(41)40(30-21-25-32(26-22-30)48(51)52)42-38(28-13-5-2-6-14-28)44-34-16-8-10-18-36(34)46(39)42/h1-26,33,35,39,41H. The topological polar surface area (TPSA) is 117 Å². The average molecular weight is 683 g/mol. The van der Waals surface area contributed by atoms with Crippen molar-refractivity contribution < 1.29 is 9.85 Å². The van der Waals surface area contributed by atoms with Gasteiger partial charge in [-0.2, -0.15) is 0 Å². The highest BCUT2D eigenvalue weighted by atomic mass is 16.6. The Kier molecular flexibility index (Phi) is 7.43. The second-order valence-corrected chi connectivity index (χ2v) is 13.0. The molecule has 5 aromatic carbocycles. The number of non-ortho nitro benzene ring substituents is 2. The van der Waals surface area contributed by atoms with E-state index in [4.69, 9.17) is 9.98 Å². The minimum atomic E-state index is -0.438. The highest BCUT2D eigenvalue weighted by Crippen LogP contribution is 2.53. The van der Waals surface area contributed by atoms with E-state index in [1.54, 1.807) is 24.3 Å². The van der Waals surface area contributed by atoms with Gasteiger partial charge in [-0.1, -0.05) is 109 Å². The zero-order valence-electron chi connectivity index (χ0n) is 27.6. The van der Waals surface area contributed by atoms with Crippen LogP contribution in [0.5, 0.6) is 0 Å². The van der Waals surface area contributed by atoms with Crippen molar-refractivity contribution in [2.45, 2.75) is 24.2 Å². The summed E-state index contributed by atoms with van der Waals surface area (Å²) in [5.41, 5.74) is 8.46. The minimum absolute atomic E-state index is 0.00295. The molecule has 0 radical (unpaired) electrons. The number of benzene rings is 5. The maximum atomic E-state index is 11.9. The molecule has 9 rings (SSSR count). The van der Waals surface area contributed by atoms with Gasteiger partial charge in [0.1, 0.15) is 0 Å². The molecule has 3 aliphatic heterocycles. The zero-order chi connectivity index (χ0) is 35.3. The maximum Gasteiger partial charge on any atom is 0.269 e. The van der Waals surface area contributed by atoms with Crippen LogP contribution in [0.25, 0.3) is 5.70 Å². The van der Waals surface area contributed by atoms with Gasteiger partial charge >= 0.3 is 0 Å². The second-order valence-electron chi connectivity index (χ2n) is 13.0. The molecule has 10 heteroatoms. The summed E-state index contributed by atoms with van der Waals surface area (Å²) in [6.45, 7) is 0. The number of hydrogen-bond donors (Lipinski definition) is 0. The molecule has 252 valence electrons. The lowest BCUT2D eigenvalue weighted by Gasteiger charge is -2.57. The van der Waals surface area contributed by atoms with E-state index in [0.717, 1.165) is 56.4 Å². The summed E-state index contributed by atoms with van der Waals surface area (Å²) in [6.07, 6.45) is 8.32. The first-order chi connectivity index (χ1) is 25.5. The van der Waals surface area contributed by atoms with Gasteiger partial charge in [0.2, 0.25) is 0 Å². The number of nitro benzene ring substituents is 2. The SMILES string of the molecule is O=[N+]([O-])c1ccc(C2=C3C(c4ccccc4)=Nc4ccccc4N3C(c3ccc([N+](=O)[O-])cc3)C3C(c4ccccc4)=NC4C=CC=CC4N23)cc1. The van der Waals surface area contributed by atoms with E-state index in [1.165, 1.54) is 0 Å². The smallest absolute Gasteiger partial charge is 0.269 e. The van der Waals surface area contributed by atoms with Crippen molar-refractivity contribution in [1.82, 2.24) is 4.90 Å². The molecule has 0 saturated carbocycles. The molecule has 52 heavy (non-hydrogen) atoms. The van der Waals surface area contributed by atoms with Gasteiger partial charge in [0.05, 0.1) is 68.2 Å². The van der Waals surface area contributed by atoms with Gasteiger partial charge in [0.15, 0.2) is 0 Å². The fourth-order valence-electron chi connectivity index (χ4n) is 7.86. The molecule has 5 aromatic rings. The van der Waals surface area contributed by atoms with Crippen LogP contribution in [0.2, 0.25) is 0 Å². The Morgan fingerprint density at radius 1 is 0.577 bits per heavy atom. The number of rotatable bonds is 6. The lowest BCUT2D eigenvalue weighted by Crippen LogP contribution is -2.63. The van der Waals surface area contributed by atoms with Crippen LogP contribution in [-0.2, 0) is 0 Å². The summed E-state index contributed by atoms with van der Waals surface area (Å²) in [7, 11) is 0. The Morgan fingerprint density at radius 3 is 1.85 bits per heavy atom. The number of para-hydroxylation sites is 2. The Balaban J connectivity index is 1.43. The molecule has 4 aliphatic rings. The van der Waals surface area contributed by atoms with Crippen LogP contribution in [0.15, 0.2) is 173 Å². The largest absolute Gasteiger partial charge is 0.349 e. The predicted octanol–water partition coefficient (Wildman–Crippen LogP) is 8.60. The molecule has 4 atom stereocenters. The Morgan fingerprint density at radius 2 is 1.17 bits per heavy atom. The van der Waals surface area contributed by atoms with Crippen LogP contribution in [0.3, 0.4) is 0 Å². The van der Waals surface area contributed by atoms with Crippen molar-refractivity contribution in [3.63, 3.8) is 0 Å². The first kappa shape index (κ1) is 31.1. The Labute approximate surface area is 299 Å². The molecule has 0 aromatic heterocycles. The number of nitro groups is 2. The molecule has 4 unspecified atom stereocenters. The van der Waals surface area contributed by atoms with Crippen LogP contribution in [-0.4, -0.2) is 44.3 Å². The number of allylic oxidation sites excluding steroid dienone is 3. The van der Waals surface area contributed by atoms with Crippen LogP contribution in [0, 0.1) is 20.2 Å². The molecule has 3 heterocycles. The number of hydrogen-bond acceptors (Lipinski definition) is 8. The van der Waals surface area contributed by atoms with Crippen LogP contribution >= 0.6 is 0 Å². The van der Waals surface area contributed by atoms with Crippen molar-refractivity contribution in [3.05, 3.63) is 206 Å². The molecule has 0 saturated heterocycles. The molecular weight excluding hydrogens is 652 g/mol. The van der Waals surface area contributed by atoms with Crippen molar-refractivity contribution in [3.8, 4) is 0 Å². The molecule has 0 spiro atoms. The molecule has 0 amide bonds. The van der Waals surface area contributed by atoms with E-state index in [0.29, 0.717) is 0 Å². The van der Waals surface area contributed by atoms with Crippen molar-refractivity contribution in [2.75, 3.05) is 4.90 Å². The Hall–Kier alpha value is -6.94. The summed E-state index contributed by atoms with van der Waals surface area (Å²) in [6, 6.07) is 40.4. The third-order valence-electron chi connectivity index (χ3n) is 10.1. The number of fused-ring (bicyclic) bond motifs is 6. The van der Waals surface area contributed by atoms with Crippen LogP contribution in [0.1, 0.15) is 28.3 Å². The minimum Gasteiger partial charge on any atom is -0.349 e. The first-order valence-corrected chi connectivity index (χ1v) is 17.0. The number of nitrogens with zero attached hydrogens (tertiary/aromatic N) is 6. The quantitative estimate of drug-likeness (QED) is 0.131. The zero-order valence-corrected chi connectivity index (χ0v) is 27.6. The molecule has 0 N–H and O–H groups in total. The predicted molar refractivity (Wildman–Crippen MR) is 202 cm³/mol. The van der Waals surface area contributed by atoms with Gasteiger partial charge in [-0.25, -0.2) is 4.99 Å². The van der Waals surface area contributed by atoms with E-state index < -0.39 is 12.1 Å². The first-order valence-electron chi connectivity index (χ1n) is 17.0. The third-order valence-corrected chi connectivity index (χ3v) is 10.1. The van der Waals surface area contributed by atoms with Gasteiger partial charge in [-0.05, 0) is 35.4 Å². The van der Waals surface area contributed by atoms with E-state index in [1.807, 2.05) is 103 Å². The molecular formula is C42H30N6O4. The van der Waals surface area contributed by atoms with Crippen LogP contribution < -0.4 is 4.90 Å². The summed E-state index contributed by atoms with van der Waals surface area (Å²) in [5, 5.41) is 23.7. The Bertz CT molecular complexity index is 2390. The number of anilines is 1. The van der Waals surface area contributed by atoms with Gasteiger partial charge in [0, 0.05) is 35.4 Å². The maximum absolute atomic E-state index is 11.9. The highest BCUT2D eigenvalue weighted by molar-refractivity contribution is 6.23. The molecule has 1 aliphatic carbocycles. The fourth-order valence-corrected chi connectivity index (χ4v) is 7.86. The van der Waals surface area contributed by atoms with Gasteiger partial charge in [-0.3, -0.25) is 25.2 Å². The van der Waals surface area contributed by atoms with Gasteiger partial charge in [0.25, 0.3) is 11.4 Å². The van der Waals surface area contributed by atoms with E-state index in [9.17, 15) is 20.2 Å². The summed E-state index contributed by atoms with van der Waals surface area (Å²) in [4.78, 5) is 38.5. The van der Waals surface area contributed by atoms with E-state index in [2.05, 4.69) is 40.2 Å². The average Bonchev–Trinajstić information content (AvgIpc) is 3.20. The normalized spacial score (nSPS) is 21.3.